The van der Waals surface area contributed by atoms with Gasteiger partial charge in [-0.1, -0.05) is 45.0 Å². The van der Waals surface area contributed by atoms with Gasteiger partial charge in [0, 0.05) is 5.56 Å². The van der Waals surface area contributed by atoms with Crippen LogP contribution in [0.25, 0.3) is 11.1 Å². The van der Waals surface area contributed by atoms with Crippen LogP contribution in [0.15, 0.2) is 67.0 Å². The van der Waals surface area contributed by atoms with Gasteiger partial charge in [0.15, 0.2) is 0 Å². The van der Waals surface area contributed by atoms with E-state index in [1.807, 2.05) is 38.1 Å². The lowest BCUT2D eigenvalue weighted by Crippen LogP contribution is -2.15. The number of aromatic nitrogens is 3. The molecule has 40 heavy (non-hydrogen) atoms. The summed E-state index contributed by atoms with van der Waals surface area (Å²) >= 11 is 0. The molecule has 210 valence electrons. The topological polar surface area (TPSA) is 79.9 Å². The van der Waals surface area contributed by atoms with Crippen molar-refractivity contribution < 1.29 is 22.7 Å². The second kappa shape index (κ2) is 11.5. The van der Waals surface area contributed by atoms with Crippen molar-refractivity contribution in [1.82, 2.24) is 15.2 Å². The SMILES string of the molecule is Cc1cc(OC(CCC(C)(C)C)c2ccc(C(=O)Nc3nnc[nH]3)cc2)cc(C)c1-c1ccc(C(F)(F)F)cc1. The van der Waals surface area contributed by atoms with Crippen LogP contribution in [0, 0.1) is 19.3 Å². The van der Waals surface area contributed by atoms with Gasteiger partial charge >= 0.3 is 6.18 Å². The zero-order chi connectivity index (χ0) is 29.1. The third kappa shape index (κ3) is 7.28. The van der Waals surface area contributed by atoms with E-state index in [0.717, 1.165) is 52.8 Å². The average molecular weight is 551 g/mol. The van der Waals surface area contributed by atoms with E-state index >= 15 is 0 Å². The summed E-state index contributed by atoms with van der Waals surface area (Å²) in [6, 6.07) is 16.3. The lowest BCUT2D eigenvalue weighted by molar-refractivity contribution is -0.137. The van der Waals surface area contributed by atoms with Crippen LogP contribution in [0.5, 0.6) is 5.75 Å². The zero-order valence-corrected chi connectivity index (χ0v) is 23.2. The van der Waals surface area contributed by atoms with E-state index in [4.69, 9.17) is 4.74 Å². The lowest BCUT2D eigenvalue weighted by atomic mass is 9.88. The van der Waals surface area contributed by atoms with Gasteiger partial charge in [0.2, 0.25) is 5.95 Å². The number of halogens is 3. The van der Waals surface area contributed by atoms with Gasteiger partial charge in [-0.15, -0.1) is 10.2 Å². The Morgan fingerprint density at radius 2 is 1.60 bits per heavy atom. The first-order valence-corrected chi connectivity index (χ1v) is 13.0. The van der Waals surface area contributed by atoms with Crippen molar-refractivity contribution >= 4 is 11.9 Å². The van der Waals surface area contributed by atoms with E-state index in [1.54, 1.807) is 12.1 Å². The van der Waals surface area contributed by atoms with Gasteiger partial charge in [-0.25, -0.2) is 0 Å². The van der Waals surface area contributed by atoms with Crippen molar-refractivity contribution in [3.8, 4) is 16.9 Å². The molecular formula is C31H33F3N4O2. The molecule has 1 unspecified atom stereocenters. The summed E-state index contributed by atoms with van der Waals surface area (Å²) in [6.45, 7) is 10.4. The van der Waals surface area contributed by atoms with Crippen molar-refractivity contribution in [2.24, 2.45) is 5.41 Å². The van der Waals surface area contributed by atoms with Gasteiger partial charge in [0.1, 0.15) is 18.2 Å². The van der Waals surface area contributed by atoms with Gasteiger partial charge < -0.3 is 9.72 Å². The zero-order valence-electron chi connectivity index (χ0n) is 23.2. The number of hydrogen-bond donors (Lipinski definition) is 2. The van der Waals surface area contributed by atoms with Crippen LogP contribution < -0.4 is 10.1 Å². The second-order valence-corrected chi connectivity index (χ2v) is 11.1. The molecule has 6 nitrogen and oxygen atoms in total. The average Bonchev–Trinajstić information content (AvgIpc) is 3.38. The molecule has 4 aromatic rings. The van der Waals surface area contributed by atoms with Crippen molar-refractivity contribution in [3.05, 3.63) is 94.8 Å². The number of benzene rings is 3. The minimum atomic E-state index is -4.37. The summed E-state index contributed by atoms with van der Waals surface area (Å²) in [6.07, 6.45) is -1.59. The van der Waals surface area contributed by atoms with Gasteiger partial charge in [0.25, 0.3) is 5.91 Å². The number of hydrogen-bond acceptors (Lipinski definition) is 4. The number of nitrogens with one attached hydrogen (secondary N) is 2. The minimum absolute atomic E-state index is 0.0940. The van der Waals surface area contributed by atoms with Crippen molar-refractivity contribution in [3.63, 3.8) is 0 Å². The van der Waals surface area contributed by atoms with Crippen LogP contribution in [0.3, 0.4) is 0 Å². The Kier molecular flexibility index (Phi) is 8.32. The molecule has 1 aromatic heterocycles. The Balaban J connectivity index is 1.57. The Bertz CT molecular complexity index is 1420. The van der Waals surface area contributed by atoms with E-state index in [-0.39, 0.29) is 23.4 Å². The van der Waals surface area contributed by atoms with Crippen LogP contribution in [0.1, 0.15) is 72.3 Å². The molecule has 0 bridgehead atoms. The van der Waals surface area contributed by atoms with Crippen LogP contribution in [-0.4, -0.2) is 21.1 Å². The monoisotopic (exact) mass is 550 g/mol. The largest absolute Gasteiger partial charge is 0.486 e. The number of alkyl halides is 3. The predicted octanol–water partition coefficient (Wildman–Crippen LogP) is 8.31. The molecule has 0 aliphatic carbocycles. The molecule has 2 N–H and O–H groups in total. The standard InChI is InChI=1S/C31H33F3N4O2/c1-19-16-25(17-20(2)27(19)22-10-12-24(13-11-22)31(32,33)34)40-26(14-15-30(3,4)5)21-6-8-23(9-7-21)28(39)37-29-35-18-36-38-29/h6-13,16-18,26H,14-15H2,1-5H3,(H2,35,36,37,38,39). The summed E-state index contributed by atoms with van der Waals surface area (Å²) in [4.78, 5) is 15.3. The maximum absolute atomic E-state index is 13.0. The summed E-state index contributed by atoms with van der Waals surface area (Å²) in [7, 11) is 0. The molecule has 1 amide bonds. The Morgan fingerprint density at radius 3 is 2.12 bits per heavy atom. The van der Waals surface area contributed by atoms with Crippen LogP contribution in [0.2, 0.25) is 0 Å². The maximum atomic E-state index is 13.0. The quantitative estimate of drug-likeness (QED) is 0.231. The molecule has 0 fully saturated rings. The molecule has 0 saturated heterocycles. The normalized spacial score (nSPS) is 12.7. The van der Waals surface area contributed by atoms with Crippen molar-refractivity contribution in [2.45, 2.75) is 59.7 Å². The number of carbonyl (C=O) groups is 1. The summed E-state index contributed by atoms with van der Waals surface area (Å²) < 4.78 is 45.6. The molecule has 1 heterocycles. The molecule has 0 spiro atoms. The summed E-state index contributed by atoms with van der Waals surface area (Å²) in [5, 5.41) is 10.1. The van der Waals surface area contributed by atoms with Gasteiger partial charge in [-0.3, -0.25) is 10.1 Å². The Labute approximate surface area is 232 Å². The highest BCUT2D eigenvalue weighted by molar-refractivity contribution is 6.03. The van der Waals surface area contributed by atoms with Gasteiger partial charge in [0.05, 0.1) is 5.56 Å². The van der Waals surface area contributed by atoms with E-state index in [0.29, 0.717) is 11.3 Å². The van der Waals surface area contributed by atoms with Crippen LogP contribution in [-0.2, 0) is 6.18 Å². The number of rotatable bonds is 8. The number of aryl methyl sites for hydroxylation is 2. The molecule has 9 heteroatoms. The molecule has 0 radical (unpaired) electrons. The van der Waals surface area contributed by atoms with Crippen LogP contribution in [0.4, 0.5) is 19.1 Å². The maximum Gasteiger partial charge on any atom is 0.416 e. The molecule has 3 aromatic carbocycles. The summed E-state index contributed by atoms with van der Waals surface area (Å²) in [5.74, 6) is 0.642. The molecule has 4 rings (SSSR count). The highest BCUT2D eigenvalue weighted by atomic mass is 19.4. The van der Waals surface area contributed by atoms with Gasteiger partial charge in [-0.2, -0.15) is 13.2 Å². The van der Waals surface area contributed by atoms with Gasteiger partial charge in [-0.05, 0) is 96.3 Å². The highest BCUT2D eigenvalue weighted by Gasteiger charge is 2.30. The fraction of sp³-hybridized carbons (Fsp3) is 0.323. The van der Waals surface area contributed by atoms with Crippen LogP contribution >= 0.6 is 0 Å². The number of nitrogens with zero attached hydrogens (tertiary/aromatic N) is 2. The number of H-pyrrole nitrogens is 1. The highest BCUT2D eigenvalue weighted by Crippen LogP contribution is 2.37. The first-order chi connectivity index (χ1) is 18.8. The molecule has 0 saturated carbocycles. The van der Waals surface area contributed by atoms with Crippen molar-refractivity contribution in [2.75, 3.05) is 5.32 Å². The molecule has 0 aliphatic heterocycles. The van der Waals surface area contributed by atoms with Crippen molar-refractivity contribution in [1.29, 1.82) is 0 Å². The molecule has 0 aliphatic rings. The van der Waals surface area contributed by atoms with E-state index < -0.39 is 11.7 Å². The summed E-state index contributed by atoms with van der Waals surface area (Å²) in [5.41, 5.74) is 4.25. The number of carbonyl (C=O) groups excluding carboxylic acids is 1. The first-order valence-electron chi connectivity index (χ1n) is 13.0. The second-order valence-electron chi connectivity index (χ2n) is 11.1. The lowest BCUT2D eigenvalue weighted by Gasteiger charge is -2.25. The fourth-order valence-corrected chi connectivity index (χ4v) is 4.59. The van der Waals surface area contributed by atoms with E-state index in [1.165, 1.54) is 18.5 Å². The third-order valence-electron chi connectivity index (χ3n) is 6.64. The smallest absolute Gasteiger partial charge is 0.416 e. The number of ether oxygens (including phenoxy) is 1. The Morgan fingerprint density at radius 1 is 0.975 bits per heavy atom. The third-order valence-corrected chi connectivity index (χ3v) is 6.64. The number of aromatic amines is 1. The van der Waals surface area contributed by atoms with E-state index in [9.17, 15) is 18.0 Å². The van der Waals surface area contributed by atoms with E-state index in [2.05, 4.69) is 41.3 Å². The predicted molar refractivity (Wildman–Crippen MR) is 149 cm³/mol. The number of amides is 1. The Hall–Kier alpha value is -4.14. The number of anilines is 1. The fourth-order valence-electron chi connectivity index (χ4n) is 4.59. The molecule has 1 atom stereocenters. The minimum Gasteiger partial charge on any atom is -0.486 e. The molecular weight excluding hydrogens is 517 g/mol. The first kappa shape index (κ1) is 28.9.